The number of esters is 1. The van der Waals surface area contributed by atoms with Crippen LogP contribution in [0, 0.1) is 0 Å². The van der Waals surface area contributed by atoms with Crippen molar-refractivity contribution < 1.29 is 14.3 Å². The Morgan fingerprint density at radius 2 is 1.94 bits per heavy atom. The van der Waals surface area contributed by atoms with Gasteiger partial charge in [0.2, 0.25) is 0 Å². The maximum absolute atomic E-state index is 11.8. The van der Waals surface area contributed by atoms with Crippen molar-refractivity contribution in [2.75, 3.05) is 0 Å². The summed E-state index contributed by atoms with van der Waals surface area (Å²) in [5.41, 5.74) is 1.08. The Kier molecular flexibility index (Phi) is 1.87. The van der Waals surface area contributed by atoms with Crippen LogP contribution in [0.5, 0.6) is 0 Å². The van der Waals surface area contributed by atoms with Crippen LogP contribution in [-0.4, -0.2) is 11.8 Å². The third-order valence-corrected chi connectivity index (χ3v) is 3.13. The van der Waals surface area contributed by atoms with Crippen molar-refractivity contribution in [3.05, 3.63) is 59.2 Å². The summed E-state index contributed by atoms with van der Waals surface area (Å²) in [6, 6.07) is 7.24. The minimum absolute atomic E-state index is 0.0453. The van der Waals surface area contributed by atoms with Gasteiger partial charge in [-0.25, -0.2) is 4.79 Å². The van der Waals surface area contributed by atoms with Gasteiger partial charge in [0.1, 0.15) is 0 Å². The standard InChI is InChI=1S/C14H10O3/c1-9-8-14(7-6-12(9)15)11-5-3-2-4-10(11)13(16)17-14/h2-8H,1H3. The van der Waals surface area contributed by atoms with Crippen molar-refractivity contribution in [3.63, 3.8) is 0 Å². The van der Waals surface area contributed by atoms with Gasteiger partial charge in [-0.05, 0) is 36.8 Å². The van der Waals surface area contributed by atoms with E-state index in [4.69, 9.17) is 4.74 Å². The van der Waals surface area contributed by atoms with E-state index in [1.54, 1.807) is 31.2 Å². The molecule has 0 saturated carbocycles. The Labute approximate surface area is 98.4 Å². The molecule has 0 fully saturated rings. The number of ether oxygens (including phenoxy) is 1. The SMILES string of the molecule is CC1=CC2(C=CC1=O)OC(=O)c1ccccc12. The van der Waals surface area contributed by atoms with Crippen LogP contribution in [0.1, 0.15) is 22.8 Å². The van der Waals surface area contributed by atoms with Gasteiger partial charge in [-0.3, -0.25) is 4.79 Å². The lowest BCUT2D eigenvalue weighted by Crippen LogP contribution is -2.25. The number of benzene rings is 1. The number of ketones is 1. The highest BCUT2D eigenvalue weighted by atomic mass is 16.6. The number of fused-ring (bicyclic) bond motifs is 2. The maximum atomic E-state index is 11.8. The average molecular weight is 226 g/mol. The Hall–Kier alpha value is -2.16. The van der Waals surface area contributed by atoms with E-state index in [2.05, 4.69) is 0 Å². The summed E-state index contributed by atoms with van der Waals surface area (Å²) in [4.78, 5) is 23.2. The van der Waals surface area contributed by atoms with Crippen LogP contribution in [0.15, 0.2) is 48.1 Å². The van der Waals surface area contributed by atoms with Gasteiger partial charge in [-0.2, -0.15) is 0 Å². The molecule has 1 atom stereocenters. The highest BCUT2D eigenvalue weighted by molar-refractivity contribution is 6.06. The maximum Gasteiger partial charge on any atom is 0.340 e. The van der Waals surface area contributed by atoms with E-state index in [9.17, 15) is 9.59 Å². The van der Waals surface area contributed by atoms with E-state index < -0.39 is 5.60 Å². The second kappa shape index (κ2) is 3.17. The molecule has 0 N–H and O–H groups in total. The molecular weight excluding hydrogens is 216 g/mol. The predicted octanol–water partition coefficient (Wildman–Crippen LogP) is 2.14. The van der Waals surface area contributed by atoms with E-state index in [1.165, 1.54) is 6.08 Å². The Bertz CT molecular complexity index is 595. The number of carbonyl (C=O) groups excluding carboxylic acids is 2. The van der Waals surface area contributed by atoms with Crippen LogP contribution in [-0.2, 0) is 15.1 Å². The molecule has 1 aliphatic heterocycles. The Morgan fingerprint density at radius 3 is 2.71 bits per heavy atom. The van der Waals surface area contributed by atoms with Gasteiger partial charge in [0.25, 0.3) is 0 Å². The number of hydrogen-bond acceptors (Lipinski definition) is 3. The quantitative estimate of drug-likeness (QED) is 0.636. The molecule has 2 aliphatic rings. The molecule has 0 aromatic heterocycles. The zero-order valence-corrected chi connectivity index (χ0v) is 9.27. The van der Waals surface area contributed by atoms with Gasteiger partial charge < -0.3 is 4.74 Å². The topological polar surface area (TPSA) is 43.4 Å². The molecule has 17 heavy (non-hydrogen) atoms. The molecule has 1 unspecified atom stereocenters. The molecule has 0 bridgehead atoms. The third-order valence-electron chi connectivity index (χ3n) is 3.13. The van der Waals surface area contributed by atoms with Gasteiger partial charge in [0.05, 0.1) is 5.56 Å². The van der Waals surface area contributed by atoms with E-state index in [0.29, 0.717) is 11.1 Å². The second-order valence-electron chi connectivity index (χ2n) is 4.25. The van der Waals surface area contributed by atoms with Crippen LogP contribution in [0.3, 0.4) is 0 Å². The van der Waals surface area contributed by atoms with E-state index in [1.807, 2.05) is 12.1 Å². The van der Waals surface area contributed by atoms with E-state index in [0.717, 1.165) is 5.56 Å². The average Bonchev–Trinajstić information content (AvgIpc) is 2.59. The van der Waals surface area contributed by atoms with Gasteiger partial charge in [-0.1, -0.05) is 18.2 Å². The van der Waals surface area contributed by atoms with E-state index in [-0.39, 0.29) is 11.8 Å². The molecule has 1 aromatic carbocycles. The summed E-state index contributed by atoms with van der Waals surface area (Å²) in [6.07, 6.45) is 4.82. The normalized spacial score (nSPS) is 25.8. The summed E-state index contributed by atoms with van der Waals surface area (Å²) in [6.45, 7) is 1.72. The predicted molar refractivity (Wildman–Crippen MR) is 61.4 cm³/mol. The fourth-order valence-corrected chi connectivity index (χ4v) is 2.27. The van der Waals surface area contributed by atoms with Crippen molar-refractivity contribution in [2.45, 2.75) is 12.5 Å². The minimum atomic E-state index is -0.883. The molecule has 1 spiro atoms. The zero-order valence-electron chi connectivity index (χ0n) is 9.27. The number of allylic oxidation sites excluding steroid dienone is 2. The molecular formula is C14H10O3. The fourth-order valence-electron chi connectivity index (χ4n) is 2.27. The molecule has 3 nitrogen and oxygen atoms in total. The molecule has 0 radical (unpaired) electrons. The zero-order chi connectivity index (χ0) is 12.0. The largest absolute Gasteiger partial charge is 0.442 e. The monoisotopic (exact) mass is 226 g/mol. The summed E-state index contributed by atoms with van der Waals surface area (Å²) in [5.74, 6) is -0.389. The van der Waals surface area contributed by atoms with Crippen molar-refractivity contribution in [3.8, 4) is 0 Å². The van der Waals surface area contributed by atoms with Gasteiger partial charge in [0.15, 0.2) is 11.4 Å². The van der Waals surface area contributed by atoms with Crippen molar-refractivity contribution >= 4 is 11.8 Å². The molecule has 1 aliphatic carbocycles. The van der Waals surface area contributed by atoms with Gasteiger partial charge in [-0.15, -0.1) is 0 Å². The summed E-state index contributed by atoms with van der Waals surface area (Å²) >= 11 is 0. The van der Waals surface area contributed by atoms with Crippen LogP contribution in [0.25, 0.3) is 0 Å². The summed E-state index contributed by atoms with van der Waals surface area (Å²) in [5, 5.41) is 0. The summed E-state index contributed by atoms with van der Waals surface area (Å²) < 4.78 is 5.42. The first-order valence-electron chi connectivity index (χ1n) is 5.38. The van der Waals surface area contributed by atoms with Crippen LogP contribution >= 0.6 is 0 Å². The van der Waals surface area contributed by atoms with Gasteiger partial charge in [0, 0.05) is 5.56 Å². The molecule has 1 heterocycles. The van der Waals surface area contributed by atoms with Crippen LogP contribution in [0.4, 0.5) is 0 Å². The lowest BCUT2D eigenvalue weighted by Gasteiger charge is -2.24. The third kappa shape index (κ3) is 1.29. The van der Waals surface area contributed by atoms with E-state index >= 15 is 0 Å². The molecule has 84 valence electrons. The molecule has 3 rings (SSSR count). The second-order valence-corrected chi connectivity index (χ2v) is 4.25. The Morgan fingerprint density at radius 1 is 1.18 bits per heavy atom. The number of carbonyl (C=O) groups is 2. The van der Waals surface area contributed by atoms with Crippen molar-refractivity contribution in [1.82, 2.24) is 0 Å². The number of rotatable bonds is 0. The molecule has 3 heteroatoms. The van der Waals surface area contributed by atoms with Crippen LogP contribution < -0.4 is 0 Å². The fraction of sp³-hybridized carbons (Fsp3) is 0.143. The first-order valence-corrected chi connectivity index (χ1v) is 5.38. The Balaban J connectivity index is 2.22. The highest BCUT2D eigenvalue weighted by Gasteiger charge is 2.43. The lowest BCUT2D eigenvalue weighted by atomic mass is 9.86. The first kappa shape index (κ1) is 10.0. The molecule has 0 amide bonds. The minimum Gasteiger partial charge on any atom is -0.442 e. The lowest BCUT2D eigenvalue weighted by molar-refractivity contribution is -0.111. The highest BCUT2D eigenvalue weighted by Crippen LogP contribution is 2.41. The summed E-state index contributed by atoms with van der Waals surface area (Å²) in [7, 11) is 0. The smallest absolute Gasteiger partial charge is 0.340 e. The first-order chi connectivity index (χ1) is 8.12. The molecule has 0 saturated heterocycles. The number of hydrogen-bond donors (Lipinski definition) is 0. The van der Waals surface area contributed by atoms with Crippen molar-refractivity contribution in [1.29, 1.82) is 0 Å². The van der Waals surface area contributed by atoms with Gasteiger partial charge >= 0.3 is 5.97 Å². The molecule has 1 aromatic rings. The van der Waals surface area contributed by atoms with Crippen molar-refractivity contribution in [2.24, 2.45) is 0 Å². The van der Waals surface area contributed by atoms with Crippen LogP contribution in [0.2, 0.25) is 0 Å².